The fourth-order valence-corrected chi connectivity index (χ4v) is 6.10. The number of rotatable bonds is 9. The molecule has 2 heterocycles. The van der Waals surface area contributed by atoms with Crippen molar-refractivity contribution in [1.82, 2.24) is 14.8 Å². The number of amidine groups is 1. The van der Waals surface area contributed by atoms with E-state index in [1.54, 1.807) is 4.90 Å². The molecule has 0 radical (unpaired) electrons. The molecular weight excluding hydrogens is 604 g/mol. The highest BCUT2D eigenvalue weighted by atomic mass is 32.2. The lowest BCUT2D eigenvalue weighted by molar-refractivity contribution is -0.137. The molecule has 1 saturated heterocycles. The van der Waals surface area contributed by atoms with Gasteiger partial charge in [-0.05, 0) is 79.1 Å². The Morgan fingerprint density at radius 1 is 1.05 bits per heavy atom. The Hall–Kier alpha value is -3.83. The number of carbonyl (C=O) groups is 1. The standard InChI is InChI=1S/C33H32F3N5OS2/c1-21(2)27-17-8-22(3)18-28(27)41-30(42)19-44-32(41)38-29(43)7-5-4-6-23-9-11-24(12-10-23)31-37-20-40(39-31)26-15-13-25(14-16-26)33(34,35)36/h8-18,20-21H,4-7,19H2,1-3H3. The lowest BCUT2D eigenvalue weighted by Crippen LogP contribution is -2.31. The number of aliphatic imine (C=N–C) groups is 1. The molecule has 228 valence electrons. The Morgan fingerprint density at radius 3 is 2.45 bits per heavy atom. The summed E-state index contributed by atoms with van der Waals surface area (Å²) < 4.78 is 40.0. The van der Waals surface area contributed by atoms with Crippen molar-refractivity contribution >= 4 is 45.7 Å². The molecule has 0 saturated carbocycles. The number of carbonyl (C=O) groups excluding carboxylic acids is 1. The van der Waals surface area contributed by atoms with E-state index in [9.17, 15) is 18.0 Å². The van der Waals surface area contributed by atoms with Gasteiger partial charge < -0.3 is 0 Å². The van der Waals surface area contributed by atoms with Crippen molar-refractivity contribution in [3.8, 4) is 17.1 Å². The van der Waals surface area contributed by atoms with Gasteiger partial charge in [0.1, 0.15) is 11.3 Å². The molecule has 1 fully saturated rings. The molecule has 6 nitrogen and oxygen atoms in total. The number of unbranched alkanes of at least 4 members (excludes halogenated alkanes) is 1. The summed E-state index contributed by atoms with van der Waals surface area (Å²) in [5.41, 5.74) is 4.86. The van der Waals surface area contributed by atoms with Crippen LogP contribution in [0.2, 0.25) is 0 Å². The van der Waals surface area contributed by atoms with Gasteiger partial charge in [0.05, 0.1) is 22.7 Å². The average molecular weight is 636 g/mol. The van der Waals surface area contributed by atoms with E-state index in [1.165, 1.54) is 34.9 Å². The molecule has 11 heteroatoms. The van der Waals surface area contributed by atoms with E-state index in [0.29, 0.717) is 33.8 Å². The average Bonchev–Trinajstić information content (AvgIpc) is 3.62. The normalized spacial score (nSPS) is 14.7. The van der Waals surface area contributed by atoms with E-state index in [1.807, 2.05) is 37.3 Å². The Bertz CT molecular complexity index is 1680. The van der Waals surface area contributed by atoms with Crippen LogP contribution in [-0.4, -0.2) is 36.6 Å². The second-order valence-electron chi connectivity index (χ2n) is 11.0. The van der Waals surface area contributed by atoms with E-state index >= 15 is 0 Å². The lowest BCUT2D eigenvalue weighted by Gasteiger charge is -2.22. The van der Waals surface area contributed by atoms with Crippen LogP contribution < -0.4 is 4.90 Å². The smallest absolute Gasteiger partial charge is 0.273 e. The number of thiocarbonyl (C=S) groups is 1. The first kappa shape index (κ1) is 31.6. The molecule has 4 aromatic rings. The van der Waals surface area contributed by atoms with E-state index in [-0.39, 0.29) is 11.8 Å². The van der Waals surface area contributed by atoms with Gasteiger partial charge in [0.2, 0.25) is 5.91 Å². The zero-order valence-electron chi connectivity index (χ0n) is 24.6. The van der Waals surface area contributed by atoms with Gasteiger partial charge in [-0.15, -0.1) is 5.10 Å². The van der Waals surface area contributed by atoms with Gasteiger partial charge >= 0.3 is 6.18 Å². The summed E-state index contributed by atoms with van der Waals surface area (Å²) in [5.74, 6) is 1.14. The van der Waals surface area contributed by atoms with Crippen LogP contribution in [0, 0.1) is 6.92 Å². The third-order valence-corrected chi connectivity index (χ3v) is 8.52. The quantitative estimate of drug-likeness (QED) is 0.136. The first-order chi connectivity index (χ1) is 21.0. The Morgan fingerprint density at radius 2 is 1.77 bits per heavy atom. The van der Waals surface area contributed by atoms with Gasteiger partial charge in [0.25, 0.3) is 0 Å². The first-order valence-electron chi connectivity index (χ1n) is 14.4. The van der Waals surface area contributed by atoms with Crippen LogP contribution >= 0.6 is 24.0 Å². The summed E-state index contributed by atoms with van der Waals surface area (Å²) in [4.78, 5) is 24.2. The minimum Gasteiger partial charge on any atom is -0.273 e. The highest BCUT2D eigenvalue weighted by Crippen LogP contribution is 2.34. The Labute approximate surface area is 264 Å². The second-order valence-corrected chi connectivity index (χ2v) is 12.4. The third-order valence-electron chi connectivity index (χ3n) is 7.30. The highest BCUT2D eigenvalue weighted by molar-refractivity contribution is 8.15. The molecule has 1 amide bonds. The number of aryl methyl sites for hydroxylation is 2. The van der Waals surface area contributed by atoms with Crippen LogP contribution in [0.4, 0.5) is 18.9 Å². The van der Waals surface area contributed by atoms with Crippen molar-refractivity contribution in [2.24, 2.45) is 4.99 Å². The predicted octanol–water partition coefficient (Wildman–Crippen LogP) is 8.56. The summed E-state index contributed by atoms with van der Waals surface area (Å²) in [7, 11) is 0. The van der Waals surface area contributed by atoms with E-state index in [2.05, 4.69) is 36.1 Å². The maximum absolute atomic E-state index is 12.8. The number of amides is 1. The zero-order valence-corrected chi connectivity index (χ0v) is 26.3. The first-order valence-corrected chi connectivity index (χ1v) is 15.8. The Kier molecular flexibility index (Phi) is 9.65. The van der Waals surface area contributed by atoms with E-state index in [4.69, 9.17) is 17.2 Å². The van der Waals surface area contributed by atoms with Gasteiger partial charge in [-0.2, -0.15) is 13.2 Å². The van der Waals surface area contributed by atoms with Crippen molar-refractivity contribution in [2.45, 2.75) is 58.5 Å². The third kappa shape index (κ3) is 7.44. The molecule has 1 aliphatic heterocycles. The topological polar surface area (TPSA) is 63.4 Å². The summed E-state index contributed by atoms with van der Waals surface area (Å²) in [5, 5.41) is 5.08. The highest BCUT2D eigenvalue weighted by Gasteiger charge is 2.32. The number of thioether (sulfide) groups is 1. The summed E-state index contributed by atoms with van der Waals surface area (Å²) in [6.07, 6.45) is 0.434. The maximum atomic E-state index is 12.8. The lowest BCUT2D eigenvalue weighted by atomic mass is 9.99. The molecule has 0 N–H and O–H groups in total. The molecule has 0 aliphatic carbocycles. The predicted molar refractivity (Wildman–Crippen MR) is 175 cm³/mol. The molecule has 0 atom stereocenters. The maximum Gasteiger partial charge on any atom is 0.416 e. The van der Waals surface area contributed by atoms with Crippen LogP contribution in [0.3, 0.4) is 0 Å². The molecule has 0 unspecified atom stereocenters. The van der Waals surface area contributed by atoms with Gasteiger partial charge in [0, 0.05) is 12.0 Å². The molecule has 0 bridgehead atoms. The molecule has 0 spiro atoms. The van der Waals surface area contributed by atoms with Crippen molar-refractivity contribution in [3.63, 3.8) is 0 Å². The van der Waals surface area contributed by atoms with Crippen LogP contribution in [0.5, 0.6) is 0 Å². The van der Waals surface area contributed by atoms with E-state index < -0.39 is 11.7 Å². The molecule has 5 rings (SSSR count). The van der Waals surface area contributed by atoms with Crippen molar-refractivity contribution in [3.05, 3.63) is 95.3 Å². The number of anilines is 1. The largest absolute Gasteiger partial charge is 0.416 e. The molecule has 1 aromatic heterocycles. The SMILES string of the molecule is Cc1ccc(C(C)C)c(N2C(=O)CSC2=NC(=S)CCCCc2ccc(-c3ncn(-c4ccc(C(F)(F)F)cc4)n3)cc2)c1. The number of benzene rings is 3. The van der Waals surface area contributed by atoms with Crippen molar-refractivity contribution in [2.75, 3.05) is 10.7 Å². The molecule has 44 heavy (non-hydrogen) atoms. The van der Waals surface area contributed by atoms with Crippen LogP contribution in [0.15, 0.2) is 78.0 Å². The minimum atomic E-state index is -4.38. The van der Waals surface area contributed by atoms with Gasteiger partial charge in [0.15, 0.2) is 11.0 Å². The number of alkyl halides is 3. The van der Waals surface area contributed by atoms with Crippen LogP contribution in [-0.2, 0) is 17.4 Å². The van der Waals surface area contributed by atoms with Crippen molar-refractivity contribution < 1.29 is 18.0 Å². The van der Waals surface area contributed by atoms with E-state index in [0.717, 1.165) is 59.3 Å². The molecule has 1 aliphatic rings. The number of halogens is 3. The number of hydrogen-bond acceptors (Lipinski definition) is 5. The summed E-state index contributed by atoms with van der Waals surface area (Å²) >= 11 is 7.03. The fourth-order valence-electron chi connectivity index (χ4n) is 4.93. The van der Waals surface area contributed by atoms with Gasteiger partial charge in [-0.25, -0.2) is 14.7 Å². The number of aromatic nitrogens is 3. The zero-order chi connectivity index (χ0) is 31.4. The molecular formula is C33H32F3N5OS2. The summed E-state index contributed by atoms with van der Waals surface area (Å²) in [6, 6.07) is 18.9. The monoisotopic (exact) mass is 635 g/mol. The summed E-state index contributed by atoms with van der Waals surface area (Å²) in [6.45, 7) is 6.26. The molecule has 3 aromatic carbocycles. The van der Waals surface area contributed by atoms with Crippen LogP contribution in [0.25, 0.3) is 17.1 Å². The van der Waals surface area contributed by atoms with Crippen molar-refractivity contribution in [1.29, 1.82) is 0 Å². The van der Waals surface area contributed by atoms with Gasteiger partial charge in [-0.3, -0.25) is 9.69 Å². The second kappa shape index (κ2) is 13.4. The fraction of sp³-hybridized carbons (Fsp3) is 0.303. The minimum absolute atomic E-state index is 0.0223. The Balaban J connectivity index is 1.14. The van der Waals surface area contributed by atoms with Crippen LogP contribution in [0.1, 0.15) is 61.3 Å². The number of nitrogens with zero attached hydrogens (tertiary/aromatic N) is 5. The van der Waals surface area contributed by atoms with Gasteiger partial charge in [-0.1, -0.05) is 74.2 Å². The number of hydrogen-bond donors (Lipinski definition) is 0.